The molecule has 2 heterocycles. The third-order valence-electron chi connectivity index (χ3n) is 7.21. The second-order valence-electron chi connectivity index (χ2n) is 9.17. The smallest absolute Gasteiger partial charge is 0.283 e. The number of hydrogen-bond acceptors (Lipinski definition) is 5. The highest BCUT2D eigenvalue weighted by Crippen LogP contribution is 2.61. The predicted octanol–water partition coefficient (Wildman–Crippen LogP) is 3.20. The van der Waals surface area contributed by atoms with Crippen molar-refractivity contribution in [1.29, 1.82) is 0 Å². The standard InChI is InChI=1S/C22H28BrN5O2/c1-13-16-8-15(22(16,2)3)9-17(13)27-18-11-26-28(21(30)20(18)23)12-19(29)25-10-14-4-6-24-7-5-14/h4-7,11,13,15-17,27H,8-10,12H2,1-3H3,(H,25,29)/t13-,15+,16-,17-/m1/s1. The maximum absolute atomic E-state index is 12.7. The van der Waals surface area contributed by atoms with E-state index in [0.29, 0.717) is 40.0 Å². The molecule has 0 aliphatic heterocycles. The van der Waals surface area contributed by atoms with Crippen LogP contribution in [0.2, 0.25) is 0 Å². The van der Waals surface area contributed by atoms with Crippen molar-refractivity contribution in [2.24, 2.45) is 23.2 Å². The van der Waals surface area contributed by atoms with Gasteiger partial charge in [0.25, 0.3) is 5.56 Å². The van der Waals surface area contributed by atoms with E-state index in [-0.39, 0.29) is 18.0 Å². The second-order valence-corrected chi connectivity index (χ2v) is 9.97. The molecule has 0 unspecified atom stereocenters. The van der Waals surface area contributed by atoms with Crippen molar-refractivity contribution < 1.29 is 4.79 Å². The Hall–Kier alpha value is -2.22. The minimum absolute atomic E-state index is 0.124. The summed E-state index contributed by atoms with van der Waals surface area (Å²) in [6.07, 6.45) is 7.40. The quantitative estimate of drug-likeness (QED) is 0.672. The zero-order chi connectivity index (χ0) is 21.5. The van der Waals surface area contributed by atoms with Gasteiger partial charge in [-0.15, -0.1) is 0 Å². The summed E-state index contributed by atoms with van der Waals surface area (Å²) >= 11 is 3.42. The maximum atomic E-state index is 12.7. The van der Waals surface area contributed by atoms with Crippen molar-refractivity contribution in [3.63, 3.8) is 0 Å². The van der Waals surface area contributed by atoms with E-state index in [2.05, 4.69) is 57.4 Å². The zero-order valence-corrected chi connectivity index (χ0v) is 19.1. The summed E-state index contributed by atoms with van der Waals surface area (Å²) in [5.74, 6) is 1.72. The molecule has 7 nitrogen and oxygen atoms in total. The van der Waals surface area contributed by atoms with Gasteiger partial charge in [0.15, 0.2) is 0 Å². The van der Waals surface area contributed by atoms with Crippen LogP contribution in [-0.2, 0) is 17.9 Å². The van der Waals surface area contributed by atoms with E-state index in [9.17, 15) is 9.59 Å². The van der Waals surface area contributed by atoms with Crippen molar-refractivity contribution in [3.8, 4) is 0 Å². The van der Waals surface area contributed by atoms with Crippen molar-refractivity contribution in [1.82, 2.24) is 20.1 Å². The minimum atomic E-state index is -0.312. The fourth-order valence-corrected chi connectivity index (χ4v) is 5.53. The van der Waals surface area contributed by atoms with E-state index in [1.807, 2.05) is 12.1 Å². The molecular weight excluding hydrogens is 446 g/mol. The topological polar surface area (TPSA) is 88.9 Å². The lowest BCUT2D eigenvalue weighted by atomic mass is 9.45. The van der Waals surface area contributed by atoms with Crippen LogP contribution in [0.15, 0.2) is 40.0 Å². The van der Waals surface area contributed by atoms with Gasteiger partial charge in [0, 0.05) is 25.0 Å². The highest BCUT2D eigenvalue weighted by molar-refractivity contribution is 9.10. The summed E-state index contributed by atoms with van der Waals surface area (Å²) in [5, 5.41) is 10.6. The summed E-state index contributed by atoms with van der Waals surface area (Å²) in [6.45, 7) is 7.30. The Morgan fingerprint density at radius 1 is 1.30 bits per heavy atom. The highest BCUT2D eigenvalue weighted by atomic mass is 79.9. The van der Waals surface area contributed by atoms with Crippen LogP contribution in [-0.4, -0.2) is 26.7 Å². The molecule has 2 aromatic heterocycles. The van der Waals surface area contributed by atoms with Gasteiger partial charge < -0.3 is 10.6 Å². The van der Waals surface area contributed by atoms with E-state index >= 15 is 0 Å². The number of fused-ring (bicyclic) bond motifs is 2. The molecule has 30 heavy (non-hydrogen) atoms. The number of carbonyl (C=O) groups is 1. The van der Waals surface area contributed by atoms with Crippen LogP contribution in [0.25, 0.3) is 0 Å². The van der Waals surface area contributed by atoms with Crippen LogP contribution in [0.1, 0.15) is 39.2 Å². The molecule has 0 spiro atoms. The lowest BCUT2D eigenvalue weighted by Crippen LogP contribution is -2.58. The number of carbonyl (C=O) groups excluding carboxylic acids is 1. The number of amides is 1. The molecule has 2 aromatic rings. The number of aromatic nitrogens is 3. The first-order valence-corrected chi connectivity index (χ1v) is 11.2. The number of anilines is 1. The molecule has 2 N–H and O–H groups in total. The summed E-state index contributed by atoms with van der Waals surface area (Å²) in [7, 11) is 0. The Bertz CT molecular complexity index is 991. The number of halogens is 1. The van der Waals surface area contributed by atoms with E-state index in [0.717, 1.165) is 17.9 Å². The number of hydrogen-bond donors (Lipinski definition) is 2. The van der Waals surface area contributed by atoms with Gasteiger partial charge in [-0.25, -0.2) is 4.68 Å². The van der Waals surface area contributed by atoms with Crippen LogP contribution in [0, 0.1) is 23.2 Å². The average Bonchev–Trinajstić information content (AvgIpc) is 2.73. The van der Waals surface area contributed by atoms with E-state index in [1.54, 1.807) is 18.6 Å². The molecule has 4 atom stereocenters. The molecule has 0 radical (unpaired) electrons. The van der Waals surface area contributed by atoms with Gasteiger partial charge in [-0.3, -0.25) is 14.6 Å². The van der Waals surface area contributed by atoms with Crippen LogP contribution < -0.4 is 16.2 Å². The van der Waals surface area contributed by atoms with Crippen molar-refractivity contribution >= 4 is 27.5 Å². The first-order valence-electron chi connectivity index (χ1n) is 10.4. The molecule has 3 aliphatic rings. The number of nitrogens with zero attached hydrogens (tertiary/aromatic N) is 3. The summed E-state index contributed by atoms with van der Waals surface area (Å²) in [6, 6.07) is 4.00. The van der Waals surface area contributed by atoms with Gasteiger partial charge in [-0.1, -0.05) is 20.8 Å². The van der Waals surface area contributed by atoms with Gasteiger partial charge in [-0.05, 0) is 69.6 Å². The first kappa shape index (κ1) is 21.0. The molecule has 0 aromatic carbocycles. The van der Waals surface area contributed by atoms with Crippen molar-refractivity contribution in [3.05, 3.63) is 51.1 Å². The number of pyridine rings is 1. The first-order chi connectivity index (χ1) is 14.3. The summed E-state index contributed by atoms with van der Waals surface area (Å²) in [4.78, 5) is 28.9. The van der Waals surface area contributed by atoms with E-state index < -0.39 is 0 Å². The molecular formula is C22H28BrN5O2. The molecule has 5 rings (SSSR count). The normalized spacial score (nSPS) is 26.5. The minimum Gasteiger partial charge on any atom is -0.380 e. The molecule has 8 heteroatoms. The van der Waals surface area contributed by atoms with Crippen LogP contribution in [0.5, 0.6) is 0 Å². The van der Waals surface area contributed by atoms with Gasteiger partial charge in [0.1, 0.15) is 11.0 Å². The molecule has 0 saturated heterocycles. The van der Waals surface area contributed by atoms with E-state index in [1.165, 1.54) is 11.1 Å². The maximum Gasteiger partial charge on any atom is 0.283 e. The second kappa shape index (κ2) is 8.13. The summed E-state index contributed by atoms with van der Waals surface area (Å²) in [5.41, 5.74) is 1.75. The van der Waals surface area contributed by atoms with Crippen LogP contribution >= 0.6 is 15.9 Å². The highest BCUT2D eigenvalue weighted by Gasteiger charge is 2.56. The number of nitrogens with one attached hydrogen (secondary N) is 2. The fourth-order valence-electron chi connectivity index (χ4n) is 5.11. The van der Waals surface area contributed by atoms with Crippen LogP contribution in [0.4, 0.5) is 5.69 Å². The molecule has 3 fully saturated rings. The molecule has 3 aliphatic carbocycles. The Labute approximate surface area is 184 Å². The zero-order valence-electron chi connectivity index (χ0n) is 17.6. The Kier molecular flexibility index (Phi) is 5.70. The van der Waals surface area contributed by atoms with Gasteiger partial charge in [0.05, 0.1) is 11.9 Å². The SMILES string of the molecule is C[C@@H]1[C@H]2C[C@@H](C[C@H]1Nc1cnn(CC(=O)NCc3ccncc3)c(=O)c1Br)C2(C)C. The van der Waals surface area contributed by atoms with Gasteiger partial charge in [0.2, 0.25) is 5.91 Å². The molecule has 160 valence electrons. The fraction of sp³-hybridized carbons (Fsp3) is 0.545. The molecule has 1 amide bonds. The van der Waals surface area contributed by atoms with Crippen LogP contribution in [0.3, 0.4) is 0 Å². The molecule has 2 bridgehead atoms. The average molecular weight is 474 g/mol. The van der Waals surface area contributed by atoms with Gasteiger partial charge >= 0.3 is 0 Å². The lowest BCUT2D eigenvalue weighted by molar-refractivity contribution is -0.122. The Morgan fingerprint density at radius 3 is 2.70 bits per heavy atom. The Balaban J connectivity index is 1.39. The number of rotatable bonds is 6. The summed E-state index contributed by atoms with van der Waals surface area (Å²) < 4.78 is 1.60. The predicted molar refractivity (Wildman–Crippen MR) is 119 cm³/mol. The van der Waals surface area contributed by atoms with Gasteiger partial charge in [-0.2, -0.15) is 5.10 Å². The van der Waals surface area contributed by atoms with E-state index in [4.69, 9.17) is 0 Å². The largest absolute Gasteiger partial charge is 0.380 e. The molecule has 3 saturated carbocycles. The third kappa shape index (κ3) is 3.89. The third-order valence-corrected chi connectivity index (χ3v) is 7.98. The Morgan fingerprint density at radius 2 is 2.03 bits per heavy atom. The van der Waals surface area contributed by atoms with Crippen molar-refractivity contribution in [2.45, 2.75) is 52.7 Å². The lowest BCUT2D eigenvalue weighted by Gasteiger charge is -2.62. The van der Waals surface area contributed by atoms with Crippen molar-refractivity contribution in [2.75, 3.05) is 5.32 Å². The monoisotopic (exact) mass is 473 g/mol.